The number of amides is 1. The summed E-state index contributed by atoms with van der Waals surface area (Å²) in [6, 6.07) is 8.26. The maximum atomic E-state index is 12.3. The molecule has 110 valence electrons. The van der Waals surface area contributed by atoms with E-state index in [1.807, 2.05) is 17.0 Å². The summed E-state index contributed by atoms with van der Waals surface area (Å²) in [5.74, 6) is -0.128. The second-order valence-corrected chi connectivity index (χ2v) is 7.60. The lowest BCUT2D eigenvalue weighted by Gasteiger charge is -2.37. The smallest absolute Gasteiger partial charge is 0.224 e. The fourth-order valence-electron chi connectivity index (χ4n) is 2.81. The molecule has 20 heavy (non-hydrogen) atoms. The van der Waals surface area contributed by atoms with Crippen LogP contribution in [0.25, 0.3) is 0 Å². The number of sulfone groups is 1. The second-order valence-electron chi connectivity index (χ2n) is 5.34. The fraction of sp³-hybridized carbons (Fsp3) is 0.533. The molecule has 1 amide bonds. The minimum atomic E-state index is -3.09. The highest BCUT2D eigenvalue weighted by molar-refractivity contribution is 7.90. The molecule has 5 heteroatoms. The zero-order chi connectivity index (χ0) is 14.8. The van der Waals surface area contributed by atoms with Crippen LogP contribution in [-0.2, 0) is 21.1 Å². The number of rotatable bonds is 4. The SMILES string of the molecule is CC[C@H]1c2ccccc2CCN1C(=O)CCS(C)(=O)=O. The number of carbonyl (C=O) groups excluding carboxylic acids is 1. The zero-order valence-electron chi connectivity index (χ0n) is 12.0. The molecule has 0 radical (unpaired) electrons. The van der Waals surface area contributed by atoms with E-state index in [2.05, 4.69) is 19.1 Å². The van der Waals surface area contributed by atoms with Crippen molar-refractivity contribution in [2.75, 3.05) is 18.6 Å². The van der Waals surface area contributed by atoms with Crippen molar-refractivity contribution in [1.82, 2.24) is 4.90 Å². The molecule has 1 aliphatic heterocycles. The average Bonchev–Trinajstić information content (AvgIpc) is 2.42. The Morgan fingerprint density at radius 1 is 1.35 bits per heavy atom. The number of hydrogen-bond acceptors (Lipinski definition) is 3. The molecule has 0 unspecified atom stereocenters. The quantitative estimate of drug-likeness (QED) is 0.853. The first kappa shape index (κ1) is 15.0. The first-order valence-electron chi connectivity index (χ1n) is 6.97. The van der Waals surface area contributed by atoms with Gasteiger partial charge >= 0.3 is 0 Å². The lowest BCUT2D eigenvalue weighted by atomic mass is 9.91. The van der Waals surface area contributed by atoms with E-state index in [1.54, 1.807) is 0 Å². The van der Waals surface area contributed by atoms with Crippen LogP contribution in [0.3, 0.4) is 0 Å². The lowest BCUT2D eigenvalue weighted by Crippen LogP contribution is -2.40. The Bertz CT molecular complexity index is 595. The van der Waals surface area contributed by atoms with Gasteiger partial charge in [0.15, 0.2) is 0 Å². The Morgan fingerprint density at radius 2 is 2.05 bits per heavy atom. The number of fused-ring (bicyclic) bond motifs is 1. The van der Waals surface area contributed by atoms with Crippen molar-refractivity contribution in [2.45, 2.75) is 32.2 Å². The van der Waals surface area contributed by atoms with Gasteiger partial charge in [0.1, 0.15) is 9.84 Å². The van der Waals surface area contributed by atoms with Crippen LogP contribution in [0, 0.1) is 0 Å². The van der Waals surface area contributed by atoms with Crippen molar-refractivity contribution in [2.24, 2.45) is 0 Å². The third-order valence-corrected chi connectivity index (χ3v) is 4.75. The van der Waals surface area contributed by atoms with Crippen LogP contribution in [-0.4, -0.2) is 37.8 Å². The molecule has 0 spiro atoms. The van der Waals surface area contributed by atoms with Gasteiger partial charge in [0.2, 0.25) is 5.91 Å². The Morgan fingerprint density at radius 3 is 2.70 bits per heavy atom. The molecule has 1 aromatic carbocycles. The average molecular weight is 295 g/mol. The molecule has 4 nitrogen and oxygen atoms in total. The Kier molecular flexibility index (Phi) is 4.48. The predicted molar refractivity (Wildman–Crippen MR) is 79.2 cm³/mol. The maximum absolute atomic E-state index is 12.3. The molecule has 0 aliphatic carbocycles. The lowest BCUT2D eigenvalue weighted by molar-refractivity contribution is -0.133. The van der Waals surface area contributed by atoms with Crippen LogP contribution >= 0.6 is 0 Å². The van der Waals surface area contributed by atoms with E-state index in [9.17, 15) is 13.2 Å². The van der Waals surface area contributed by atoms with Crippen molar-refractivity contribution in [3.8, 4) is 0 Å². The minimum Gasteiger partial charge on any atom is -0.335 e. The first-order chi connectivity index (χ1) is 9.42. The monoisotopic (exact) mass is 295 g/mol. The molecule has 0 aromatic heterocycles. The van der Waals surface area contributed by atoms with E-state index in [1.165, 1.54) is 17.4 Å². The summed E-state index contributed by atoms with van der Waals surface area (Å²) in [5.41, 5.74) is 2.50. The largest absolute Gasteiger partial charge is 0.335 e. The minimum absolute atomic E-state index is 0.0585. The van der Waals surface area contributed by atoms with Crippen molar-refractivity contribution in [3.05, 3.63) is 35.4 Å². The van der Waals surface area contributed by atoms with Crippen LogP contribution in [0.2, 0.25) is 0 Å². The van der Waals surface area contributed by atoms with Gasteiger partial charge < -0.3 is 4.90 Å². The first-order valence-corrected chi connectivity index (χ1v) is 9.03. The third-order valence-electron chi connectivity index (χ3n) is 3.81. The number of nitrogens with zero attached hydrogens (tertiary/aromatic N) is 1. The number of benzene rings is 1. The third kappa shape index (κ3) is 3.39. The van der Waals surface area contributed by atoms with Gasteiger partial charge in [0.25, 0.3) is 0 Å². The number of hydrogen-bond donors (Lipinski definition) is 0. The van der Waals surface area contributed by atoms with Crippen molar-refractivity contribution in [3.63, 3.8) is 0 Å². The molecule has 1 atom stereocenters. The van der Waals surface area contributed by atoms with Crippen molar-refractivity contribution >= 4 is 15.7 Å². The molecule has 0 fully saturated rings. The van der Waals surface area contributed by atoms with Crippen LogP contribution in [0.4, 0.5) is 0 Å². The van der Waals surface area contributed by atoms with Gasteiger partial charge in [-0.25, -0.2) is 8.42 Å². The van der Waals surface area contributed by atoms with E-state index in [0.717, 1.165) is 12.8 Å². The van der Waals surface area contributed by atoms with Gasteiger partial charge in [-0.3, -0.25) is 4.79 Å². The summed E-state index contributed by atoms with van der Waals surface area (Å²) < 4.78 is 22.4. The molecule has 0 saturated carbocycles. The van der Waals surface area contributed by atoms with Crippen LogP contribution < -0.4 is 0 Å². The van der Waals surface area contributed by atoms with Crippen molar-refractivity contribution in [1.29, 1.82) is 0 Å². The molecule has 1 aromatic rings. The summed E-state index contributed by atoms with van der Waals surface area (Å²) in [5, 5.41) is 0. The normalized spacial score (nSPS) is 18.7. The molecule has 1 heterocycles. The molecule has 2 rings (SSSR count). The van der Waals surface area contributed by atoms with E-state index < -0.39 is 9.84 Å². The number of carbonyl (C=O) groups is 1. The molecule has 0 bridgehead atoms. The van der Waals surface area contributed by atoms with E-state index in [0.29, 0.717) is 6.54 Å². The van der Waals surface area contributed by atoms with Crippen LogP contribution in [0.15, 0.2) is 24.3 Å². The Labute approximate surface area is 120 Å². The van der Waals surface area contributed by atoms with Crippen molar-refractivity contribution < 1.29 is 13.2 Å². The predicted octanol–water partition coefficient (Wildman–Crippen LogP) is 1.96. The molecular weight excluding hydrogens is 274 g/mol. The second kappa shape index (κ2) is 5.95. The molecule has 1 aliphatic rings. The van der Waals surface area contributed by atoms with Gasteiger partial charge in [0, 0.05) is 19.2 Å². The standard InChI is InChI=1S/C15H21NO3S/c1-3-14-13-7-5-4-6-12(13)8-10-16(14)15(17)9-11-20(2,18)19/h4-7,14H,3,8-11H2,1-2H3/t14-/m0/s1. The highest BCUT2D eigenvalue weighted by Crippen LogP contribution is 2.32. The van der Waals surface area contributed by atoms with Crippen LogP contribution in [0.5, 0.6) is 0 Å². The Hall–Kier alpha value is -1.36. The van der Waals surface area contributed by atoms with Gasteiger partial charge in [-0.05, 0) is 24.0 Å². The topological polar surface area (TPSA) is 54.5 Å². The van der Waals surface area contributed by atoms with Crippen LogP contribution in [0.1, 0.15) is 36.9 Å². The van der Waals surface area contributed by atoms with Gasteiger partial charge in [-0.2, -0.15) is 0 Å². The molecule has 0 saturated heterocycles. The van der Waals surface area contributed by atoms with E-state index >= 15 is 0 Å². The maximum Gasteiger partial charge on any atom is 0.224 e. The molecular formula is C15H21NO3S. The van der Waals surface area contributed by atoms with E-state index in [4.69, 9.17) is 0 Å². The zero-order valence-corrected chi connectivity index (χ0v) is 12.8. The summed E-state index contributed by atoms with van der Waals surface area (Å²) in [6.45, 7) is 2.74. The summed E-state index contributed by atoms with van der Waals surface area (Å²) >= 11 is 0. The summed E-state index contributed by atoms with van der Waals surface area (Å²) in [7, 11) is -3.09. The van der Waals surface area contributed by atoms with E-state index in [-0.39, 0.29) is 24.1 Å². The summed E-state index contributed by atoms with van der Waals surface area (Å²) in [4.78, 5) is 14.1. The highest BCUT2D eigenvalue weighted by Gasteiger charge is 2.29. The fourth-order valence-corrected chi connectivity index (χ4v) is 3.35. The molecule has 0 N–H and O–H groups in total. The Balaban J connectivity index is 2.15. The van der Waals surface area contributed by atoms with Gasteiger partial charge in [0.05, 0.1) is 11.8 Å². The van der Waals surface area contributed by atoms with Gasteiger partial charge in [-0.1, -0.05) is 31.2 Å². The summed E-state index contributed by atoms with van der Waals surface area (Å²) in [6.07, 6.45) is 2.94. The highest BCUT2D eigenvalue weighted by atomic mass is 32.2. The van der Waals surface area contributed by atoms with Gasteiger partial charge in [-0.15, -0.1) is 0 Å².